The van der Waals surface area contributed by atoms with Crippen molar-refractivity contribution in [2.24, 2.45) is 5.92 Å². The van der Waals surface area contributed by atoms with Gasteiger partial charge in [0.25, 0.3) is 0 Å². The van der Waals surface area contributed by atoms with Crippen LogP contribution >= 0.6 is 0 Å². The van der Waals surface area contributed by atoms with Crippen molar-refractivity contribution in [2.75, 3.05) is 26.2 Å². The van der Waals surface area contributed by atoms with E-state index < -0.39 is 0 Å². The van der Waals surface area contributed by atoms with Crippen molar-refractivity contribution in [3.8, 4) is 0 Å². The summed E-state index contributed by atoms with van der Waals surface area (Å²) in [5.74, 6) is 0.538. The summed E-state index contributed by atoms with van der Waals surface area (Å²) in [6.07, 6.45) is 2.39. The minimum Gasteiger partial charge on any atom is -0.368 e. The summed E-state index contributed by atoms with van der Waals surface area (Å²) in [5.41, 5.74) is -0.148. The van der Waals surface area contributed by atoms with Gasteiger partial charge in [-0.05, 0) is 60.2 Å². The highest BCUT2D eigenvalue weighted by atomic mass is 16.5. The van der Waals surface area contributed by atoms with Gasteiger partial charge in [-0.15, -0.1) is 0 Å². The monoisotopic (exact) mass is 284 g/mol. The lowest BCUT2D eigenvalue weighted by atomic mass is 9.82. The molecule has 0 aromatic rings. The van der Waals surface area contributed by atoms with Gasteiger partial charge in [0.1, 0.15) is 0 Å². The van der Waals surface area contributed by atoms with Gasteiger partial charge in [-0.1, -0.05) is 20.8 Å². The largest absolute Gasteiger partial charge is 0.368 e. The lowest BCUT2D eigenvalue weighted by Gasteiger charge is -2.34. The molecule has 1 aliphatic heterocycles. The zero-order valence-corrected chi connectivity index (χ0v) is 14.8. The Hall–Kier alpha value is -0.120. The molecule has 2 atom stereocenters. The molecule has 0 bridgehead atoms. The molecule has 0 radical (unpaired) electrons. The maximum Gasteiger partial charge on any atom is 0.0790 e. The third-order valence-electron chi connectivity index (χ3n) is 4.63. The molecule has 0 spiro atoms. The van der Waals surface area contributed by atoms with Gasteiger partial charge in [0.15, 0.2) is 0 Å². The molecule has 1 saturated heterocycles. The highest BCUT2D eigenvalue weighted by Gasteiger charge is 2.53. The van der Waals surface area contributed by atoms with E-state index in [1.807, 2.05) is 0 Å². The first-order valence-electron chi connectivity index (χ1n) is 8.44. The average molecular weight is 284 g/mol. The molecule has 3 nitrogen and oxygen atoms in total. The van der Waals surface area contributed by atoms with Gasteiger partial charge in [0.05, 0.1) is 11.2 Å². The molecule has 1 fully saturated rings. The SMILES string of the molecule is CCCNC1C(CN(CC)CCC)C(C)(C)OC1(C)C. The van der Waals surface area contributed by atoms with Gasteiger partial charge in [-0.2, -0.15) is 0 Å². The Kier molecular flexibility index (Phi) is 6.49. The lowest BCUT2D eigenvalue weighted by molar-refractivity contribution is -0.0795. The van der Waals surface area contributed by atoms with Gasteiger partial charge in [-0.25, -0.2) is 0 Å². The molecule has 0 aromatic carbocycles. The number of nitrogens with zero attached hydrogens (tertiary/aromatic N) is 1. The van der Waals surface area contributed by atoms with E-state index in [0.717, 1.165) is 19.6 Å². The fourth-order valence-electron chi connectivity index (χ4n) is 3.69. The van der Waals surface area contributed by atoms with Crippen LogP contribution in [-0.4, -0.2) is 48.3 Å². The van der Waals surface area contributed by atoms with E-state index in [9.17, 15) is 0 Å². The molecule has 3 heteroatoms. The molecular formula is C17H36N2O. The molecule has 1 aliphatic rings. The quantitative estimate of drug-likeness (QED) is 0.740. The van der Waals surface area contributed by atoms with Crippen molar-refractivity contribution in [1.82, 2.24) is 10.2 Å². The van der Waals surface area contributed by atoms with Crippen molar-refractivity contribution in [3.05, 3.63) is 0 Å². The predicted octanol–water partition coefficient (Wildman–Crippen LogP) is 3.29. The minimum atomic E-state index is -0.0883. The number of nitrogens with one attached hydrogen (secondary N) is 1. The second-order valence-corrected chi connectivity index (χ2v) is 7.24. The molecule has 0 aromatic heterocycles. The zero-order chi connectivity index (χ0) is 15.4. The van der Waals surface area contributed by atoms with Gasteiger partial charge in [-0.3, -0.25) is 0 Å². The average Bonchev–Trinajstić information content (AvgIpc) is 2.51. The third-order valence-corrected chi connectivity index (χ3v) is 4.63. The highest BCUT2D eigenvalue weighted by molar-refractivity contribution is 5.06. The number of hydrogen-bond acceptors (Lipinski definition) is 3. The van der Waals surface area contributed by atoms with E-state index in [0.29, 0.717) is 12.0 Å². The maximum absolute atomic E-state index is 6.39. The van der Waals surface area contributed by atoms with Crippen molar-refractivity contribution in [1.29, 1.82) is 0 Å². The Labute approximate surface area is 126 Å². The highest BCUT2D eigenvalue weighted by Crippen LogP contribution is 2.42. The van der Waals surface area contributed by atoms with Crippen molar-refractivity contribution in [3.63, 3.8) is 0 Å². The van der Waals surface area contributed by atoms with Crippen LogP contribution < -0.4 is 5.32 Å². The summed E-state index contributed by atoms with van der Waals surface area (Å²) in [4.78, 5) is 2.57. The van der Waals surface area contributed by atoms with E-state index in [1.165, 1.54) is 19.4 Å². The summed E-state index contributed by atoms with van der Waals surface area (Å²) in [5, 5.41) is 3.75. The third kappa shape index (κ3) is 4.19. The molecule has 0 amide bonds. The van der Waals surface area contributed by atoms with E-state index in [1.54, 1.807) is 0 Å². The van der Waals surface area contributed by atoms with Crippen LogP contribution in [0.2, 0.25) is 0 Å². The maximum atomic E-state index is 6.39. The summed E-state index contributed by atoms with van der Waals surface area (Å²) in [6, 6.07) is 0.434. The van der Waals surface area contributed by atoms with Crippen LogP contribution in [0.5, 0.6) is 0 Å². The molecule has 1 N–H and O–H groups in total. The fraction of sp³-hybridized carbons (Fsp3) is 1.00. The smallest absolute Gasteiger partial charge is 0.0790 e. The predicted molar refractivity (Wildman–Crippen MR) is 87.2 cm³/mol. The van der Waals surface area contributed by atoms with Crippen LogP contribution in [0.25, 0.3) is 0 Å². The summed E-state index contributed by atoms with van der Waals surface area (Å²) < 4.78 is 6.39. The van der Waals surface area contributed by atoms with Crippen molar-refractivity contribution >= 4 is 0 Å². The molecule has 0 saturated carbocycles. The number of rotatable bonds is 8. The summed E-state index contributed by atoms with van der Waals surface area (Å²) >= 11 is 0. The van der Waals surface area contributed by atoms with E-state index in [4.69, 9.17) is 4.74 Å². The first-order valence-corrected chi connectivity index (χ1v) is 8.44. The van der Waals surface area contributed by atoms with Gasteiger partial charge >= 0.3 is 0 Å². The van der Waals surface area contributed by atoms with Crippen LogP contribution in [0, 0.1) is 5.92 Å². The minimum absolute atomic E-state index is 0.0595. The van der Waals surface area contributed by atoms with Crippen molar-refractivity contribution < 1.29 is 4.74 Å². The standard InChI is InChI=1S/C17H36N2O/c1-8-11-18-15-14(13-19(10-3)12-9-2)16(4,5)20-17(15,6)7/h14-15,18H,8-13H2,1-7H3. The normalized spacial score (nSPS) is 28.2. The van der Waals surface area contributed by atoms with Gasteiger partial charge in [0.2, 0.25) is 0 Å². The molecule has 1 heterocycles. The van der Waals surface area contributed by atoms with Crippen LogP contribution in [-0.2, 0) is 4.74 Å². The second kappa shape index (κ2) is 7.24. The molecule has 0 aliphatic carbocycles. The topological polar surface area (TPSA) is 24.5 Å². The van der Waals surface area contributed by atoms with E-state index in [2.05, 4.69) is 58.7 Å². The first kappa shape index (κ1) is 17.9. The van der Waals surface area contributed by atoms with Crippen molar-refractivity contribution in [2.45, 2.75) is 78.6 Å². The second-order valence-electron chi connectivity index (χ2n) is 7.24. The first-order chi connectivity index (χ1) is 9.28. The Morgan fingerprint density at radius 1 is 1.00 bits per heavy atom. The van der Waals surface area contributed by atoms with Crippen LogP contribution in [0.4, 0.5) is 0 Å². The van der Waals surface area contributed by atoms with Crippen LogP contribution in [0.3, 0.4) is 0 Å². The molecule has 1 rings (SSSR count). The van der Waals surface area contributed by atoms with Crippen LogP contribution in [0.15, 0.2) is 0 Å². The molecule has 2 unspecified atom stereocenters. The van der Waals surface area contributed by atoms with Gasteiger partial charge in [0, 0.05) is 18.5 Å². The summed E-state index contributed by atoms with van der Waals surface area (Å²) in [6.45, 7) is 20.2. The molecule has 20 heavy (non-hydrogen) atoms. The Morgan fingerprint density at radius 3 is 2.15 bits per heavy atom. The lowest BCUT2D eigenvalue weighted by Crippen LogP contribution is -2.51. The van der Waals surface area contributed by atoms with Gasteiger partial charge < -0.3 is 15.0 Å². The summed E-state index contributed by atoms with van der Waals surface area (Å²) in [7, 11) is 0. The number of ether oxygens (including phenoxy) is 1. The van der Waals surface area contributed by atoms with Crippen LogP contribution in [0.1, 0.15) is 61.3 Å². The molecular weight excluding hydrogens is 248 g/mol. The molecule has 120 valence electrons. The van der Waals surface area contributed by atoms with E-state index >= 15 is 0 Å². The fourth-order valence-corrected chi connectivity index (χ4v) is 3.69. The zero-order valence-electron chi connectivity index (χ0n) is 14.8. The Bertz CT molecular complexity index is 289. The van der Waals surface area contributed by atoms with E-state index in [-0.39, 0.29) is 11.2 Å². The number of hydrogen-bond donors (Lipinski definition) is 1. The Balaban J connectivity index is 2.85. The Morgan fingerprint density at radius 2 is 1.65 bits per heavy atom.